The fraction of sp³-hybridized carbons (Fsp3) is 0.480. The lowest BCUT2D eigenvalue weighted by molar-refractivity contribution is -0.126. The number of Topliss-reactive ketones (excluding diaryl/α,β-unsaturated/α-hetero) is 1. The molecule has 1 aromatic carbocycles. The Labute approximate surface area is 189 Å². The van der Waals surface area contributed by atoms with E-state index in [1.165, 1.54) is 7.11 Å². The van der Waals surface area contributed by atoms with Gasteiger partial charge in [0.05, 0.1) is 19.2 Å². The van der Waals surface area contributed by atoms with Gasteiger partial charge < -0.3 is 14.6 Å². The van der Waals surface area contributed by atoms with Crippen LogP contribution in [0.25, 0.3) is 5.69 Å². The molecular weight excluding hydrogens is 406 g/mol. The van der Waals surface area contributed by atoms with Gasteiger partial charge in [-0.1, -0.05) is 0 Å². The Balaban J connectivity index is 1.66. The Kier molecular flexibility index (Phi) is 7.51. The van der Waals surface area contributed by atoms with E-state index in [0.717, 1.165) is 43.0 Å². The second-order valence-corrected chi connectivity index (χ2v) is 8.80. The zero-order valence-electron chi connectivity index (χ0n) is 19.6. The zero-order valence-corrected chi connectivity index (χ0v) is 19.6. The third-order valence-electron chi connectivity index (χ3n) is 6.03. The fourth-order valence-corrected chi connectivity index (χ4v) is 4.35. The van der Waals surface area contributed by atoms with Gasteiger partial charge in [0.25, 0.3) is 0 Å². The van der Waals surface area contributed by atoms with E-state index in [0.29, 0.717) is 17.7 Å². The van der Waals surface area contributed by atoms with E-state index in [-0.39, 0.29) is 29.6 Å². The van der Waals surface area contributed by atoms with E-state index in [4.69, 9.17) is 4.74 Å². The lowest BCUT2D eigenvalue weighted by Crippen LogP contribution is -2.43. The quantitative estimate of drug-likeness (QED) is 0.529. The van der Waals surface area contributed by atoms with E-state index < -0.39 is 0 Å². The number of esters is 1. The molecule has 1 N–H and O–H groups in total. The van der Waals surface area contributed by atoms with Crippen LogP contribution >= 0.6 is 0 Å². The van der Waals surface area contributed by atoms with Gasteiger partial charge in [-0.05, 0) is 84.0 Å². The second-order valence-electron chi connectivity index (χ2n) is 8.80. The molecule has 0 aliphatic carbocycles. The summed E-state index contributed by atoms with van der Waals surface area (Å²) in [5, 5.41) is 2.99. The third-order valence-corrected chi connectivity index (χ3v) is 6.03. The number of aryl methyl sites for hydroxylation is 1. The van der Waals surface area contributed by atoms with E-state index >= 15 is 0 Å². The highest BCUT2D eigenvalue weighted by molar-refractivity contribution is 5.99. The third kappa shape index (κ3) is 5.27. The van der Waals surface area contributed by atoms with Crippen LogP contribution in [0.5, 0.6) is 0 Å². The highest BCUT2D eigenvalue weighted by atomic mass is 16.5. The number of methoxy groups -OCH3 is 1. The van der Waals surface area contributed by atoms with Gasteiger partial charge in [-0.3, -0.25) is 14.5 Å². The Hall–Kier alpha value is -2.93. The van der Waals surface area contributed by atoms with Gasteiger partial charge in [0.1, 0.15) is 0 Å². The molecule has 32 heavy (non-hydrogen) atoms. The summed E-state index contributed by atoms with van der Waals surface area (Å²) in [6.45, 7) is 9.69. The lowest BCUT2D eigenvalue weighted by atomic mass is 9.95. The van der Waals surface area contributed by atoms with Crippen molar-refractivity contribution >= 4 is 17.7 Å². The van der Waals surface area contributed by atoms with Crippen molar-refractivity contribution in [2.75, 3.05) is 26.7 Å². The molecule has 0 atom stereocenters. The van der Waals surface area contributed by atoms with Crippen molar-refractivity contribution in [3.63, 3.8) is 0 Å². The zero-order chi connectivity index (χ0) is 23.4. The molecular formula is C25H33N3O4. The molecule has 172 valence electrons. The number of carbonyl (C=O) groups excluding carboxylic acids is 3. The van der Waals surface area contributed by atoms with Crippen molar-refractivity contribution < 1.29 is 19.1 Å². The summed E-state index contributed by atoms with van der Waals surface area (Å²) in [5.41, 5.74) is 3.92. The minimum absolute atomic E-state index is 0.0294. The number of ether oxygens (including phenoxy) is 1. The van der Waals surface area contributed by atoms with Gasteiger partial charge in [0, 0.05) is 34.6 Å². The topological polar surface area (TPSA) is 80.6 Å². The van der Waals surface area contributed by atoms with Crippen molar-refractivity contribution in [1.29, 1.82) is 0 Å². The van der Waals surface area contributed by atoms with Crippen LogP contribution in [0.4, 0.5) is 0 Å². The van der Waals surface area contributed by atoms with E-state index in [2.05, 4.69) is 10.2 Å². The first-order valence-electron chi connectivity index (χ1n) is 11.1. The number of aromatic nitrogens is 1. The SMILES string of the molecule is COC(=O)c1ccc(-n2c(C)cc(C(=O)CN3CCC(C(=O)NC(C)C)CC3)c2C)cc1. The Morgan fingerprint density at radius 3 is 2.28 bits per heavy atom. The maximum Gasteiger partial charge on any atom is 0.337 e. The molecule has 7 heteroatoms. The maximum atomic E-state index is 13.1. The summed E-state index contributed by atoms with van der Waals surface area (Å²) in [6.07, 6.45) is 1.55. The first kappa shape index (κ1) is 23.7. The summed E-state index contributed by atoms with van der Waals surface area (Å²) in [5.74, 6) is -0.144. The van der Waals surface area contributed by atoms with Crippen LogP contribution in [0.15, 0.2) is 30.3 Å². The summed E-state index contributed by atoms with van der Waals surface area (Å²) in [4.78, 5) is 39.1. The Bertz CT molecular complexity index is 983. The molecule has 0 unspecified atom stereocenters. The van der Waals surface area contributed by atoms with Crippen molar-refractivity contribution in [2.24, 2.45) is 5.92 Å². The van der Waals surface area contributed by atoms with Crippen molar-refractivity contribution in [2.45, 2.75) is 46.6 Å². The van der Waals surface area contributed by atoms with Gasteiger partial charge in [-0.25, -0.2) is 4.79 Å². The van der Waals surface area contributed by atoms with Crippen molar-refractivity contribution in [3.8, 4) is 5.69 Å². The predicted molar refractivity (Wildman–Crippen MR) is 123 cm³/mol. The van der Waals surface area contributed by atoms with E-state index in [9.17, 15) is 14.4 Å². The van der Waals surface area contributed by atoms with Gasteiger partial charge in [0.2, 0.25) is 5.91 Å². The van der Waals surface area contributed by atoms with Gasteiger partial charge >= 0.3 is 5.97 Å². The molecule has 2 aromatic rings. The molecule has 1 fully saturated rings. The van der Waals surface area contributed by atoms with Gasteiger partial charge in [-0.2, -0.15) is 0 Å². The average molecular weight is 440 g/mol. The maximum absolute atomic E-state index is 13.1. The highest BCUT2D eigenvalue weighted by Crippen LogP contribution is 2.23. The number of ketones is 1. The number of rotatable bonds is 7. The number of amides is 1. The molecule has 1 amide bonds. The summed E-state index contributed by atoms with van der Waals surface area (Å²) in [6, 6.07) is 9.23. The molecule has 1 aliphatic heterocycles. The number of nitrogens with zero attached hydrogens (tertiary/aromatic N) is 2. The summed E-state index contributed by atoms with van der Waals surface area (Å²) >= 11 is 0. The fourth-order valence-electron chi connectivity index (χ4n) is 4.35. The number of piperidine rings is 1. The van der Waals surface area contributed by atoms with Crippen LogP contribution in [0.3, 0.4) is 0 Å². The minimum atomic E-state index is -0.376. The molecule has 1 saturated heterocycles. The average Bonchev–Trinajstić information content (AvgIpc) is 3.07. The molecule has 0 bridgehead atoms. The smallest absolute Gasteiger partial charge is 0.337 e. The van der Waals surface area contributed by atoms with E-state index in [1.54, 1.807) is 12.1 Å². The first-order valence-corrected chi connectivity index (χ1v) is 11.1. The molecule has 0 spiro atoms. The molecule has 2 heterocycles. The number of nitrogens with one attached hydrogen (secondary N) is 1. The number of likely N-dealkylation sites (tertiary alicyclic amines) is 1. The normalized spacial score (nSPS) is 15.1. The van der Waals surface area contributed by atoms with Crippen molar-refractivity contribution in [1.82, 2.24) is 14.8 Å². The number of hydrogen-bond donors (Lipinski definition) is 1. The van der Waals surface area contributed by atoms with Crippen LogP contribution in [0.1, 0.15) is 58.8 Å². The van der Waals surface area contributed by atoms with Gasteiger partial charge in [-0.15, -0.1) is 0 Å². The lowest BCUT2D eigenvalue weighted by Gasteiger charge is -2.31. The van der Waals surface area contributed by atoms with Crippen LogP contribution in [0, 0.1) is 19.8 Å². The summed E-state index contributed by atoms with van der Waals surface area (Å²) < 4.78 is 6.78. The van der Waals surface area contributed by atoms with Crippen LogP contribution < -0.4 is 5.32 Å². The largest absolute Gasteiger partial charge is 0.465 e. The first-order chi connectivity index (χ1) is 15.2. The standard InChI is InChI=1S/C25H33N3O4/c1-16(2)26-24(30)19-10-12-27(13-11-19)15-23(29)22-14-17(3)28(18(22)4)21-8-6-20(7-9-21)25(31)32-5/h6-9,14,16,19H,10-13,15H2,1-5H3,(H,26,30). The predicted octanol–water partition coefficient (Wildman–Crippen LogP) is 3.30. The molecule has 0 saturated carbocycles. The van der Waals surface area contributed by atoms with E-state index in [1.807, 2.05) is 50.5 Å². The molecule has 1 aromatic heterocycles. The number of carbonyl (C=O) groups is 3. The molecule has 3 rings (SSSR count). The monoisotopic (exact) mass is 439 g/mol. The van der Waals surface area contributed by atoms with Crippen LogP contribution in [-0.4, -0.2) is 59.9 Å². The van der Waals surface area contributed by atoms with Gasteiger partial charge in [0.15, 0.2) is 5.78 Å². The number of hydrogen-bond acceptors (Lipinski definition) is 5. The molecule has 0 radical (unpaired) electrons. The molecule has 7 nitrogen and oxygen atoms in total. The highest BCUT2D eigenvalue weighted by Gasteiger charge is 2.27. The van der Waals surface area contributed by atoms with Crippen LogP contribution in [-0.2, 0) is 9.53 Å². The number of benzene rings is 1. The molecule has 1 aliphatic rings. The minimum Gasteiger partial charge on any atom is -0.465 e. The van der Waals surface area contributed by atoms with Crippen molar-refractivity contribution in [3.05, 3.63) is 52.8 Å². The Morgan fingerprint density at radius 1 is 1.09 bits per heavy atom. The second kappa shape index (κ2) is 10.1. The Morgan fingerprint density at radius 2 is 1.72 bits per heavy atom. The summed E-state index contributed by atoms with van der Waals surface area (Å²) in [7, 11) is 1.36. The van der Waals surface area contributed by atoms with Crippen LogP contribution in [0.2, 0.25) is 0 Å².